The Morgan fingerprint density at radius 1 is 1.03 bits per heavy atom. The summed E-state index contributed by atoms with van der Waals surface area (Å²) in [5, 5.41) is 15.2. The van der Waals surface area contributed by atoms with Crippen LogP contribution in [-0.4, -0.2) is 41.8 Å². The first kappa shape index (κ1) is 24.8. The van der Waals surface area contributed by atoms with Crippen molar-refractivity contribution in [3.8, 4) is 11.1 Å². The van der Waals surface area contributed by atoms with Crippen molar-refractivity contribution in [3.05, 3.63) is 59.7 Å². The lowest BCUT2D eigenvalue weighted by Crippen LogP contribution is -2.55. The minimum absolute atomic E-state index is 0.0250. The number of fused-ring (bicyclic) bond motifs is 3. The number of hydrogen-bond acceptors (Lipinski definition) is 4. The Labute approximate surface area is 206 Å². The van der Waals surface area contributed by atoms with Crippen LogP contribution in [0, 0.1) is 17.3 Å². The summed E-state index contributed by atoms with van der Waals surface area (Å²) in [6.45, 7) is 7.65. The van der Waals surface area contributed by atoms with Crippen LogP contribution in [0.5, 0.6) is 0 Å². The minimum atomic E-state index is -0.795. The van der Waals surface area contributed by atoms with Gasteiger partial charge in [-0.1, -0.05) is 69.3 Å². The van der Waals surface area contributed by atoms with E-state index in [-0.39, 0.29) is 30.4 Å². The third kappa shape index (κ3) is 4.77. The maximum Gasteiger partial charge on any atom is 0.407 e. The molecule has 2 aliphatic carbocycles. The lowest BCUT2D eigenvalue weighted by molar-refractivity contribution is -0.150. The van der Waals surface area contributed by atoms with E-state index in [1.807, 2.05) is 45.0 Å². The number of hydrogen-bond donors (Lipinski definition) is 3. The van der Waals surface area contributed by atoms with Crippen LogP contribution in [0.2, 0.25) is 0 Å². The smallest absolute Gasteiger partial charge is 0.407 e. The number of benzene rings is 2. The zero-order valence-corrected chi connectivity index (χ0v) is 20.7. The second-order valence-corrected chi connectivity index (χ2v) is 10.4. The number of carbonyl (C=O) groups excluding carboxylic acids is 2. The van der Waals surface area contributed by atoms with E-state index in [1.165, 1.54) is 0 Å². The van der Waals surface area contributed by atoms with Crippen molar-refractivity contribution in [3.63, 3.8) is 0 Å². The minimum Gasteiger partial charge on any atom is -0.481 e. The first-order valence-corrected chi connectivity index (χ1v) is 12.3. The summed E-state index contributed by atoms with van der Waals surface area (Å²) in [7, 11) is 0. The van der Waals surface area contributed by atoms with Gasteiger partial charge in [0.25, 0.3) is 0 Å². The van der Waals surface area contributed by atoms with Gasteiger partial charge in [0.1, 0.15) is 12.6 Å². The summed E-state index contributed by atoms with van der Waals surface area (Å²) < 4.78 is 5.55. The van der Waals surface area contributed by atoms with Crippen LogP contribution in [-0.2, 0) is 14.3 Å². The van der Waals surface area contributed by atoms with Crippen molar-refractivity contribution < 1.29 is 24.2 Å². The molecule has 2 aromatic carbocycles. The van der Waals surface area contributed by atoms with Gasteiger partial charge in [-0.2, -0.15) is 0 Å². The first-order valence-electron chi connectivity index (χ1n) is 12.3. The molecule has 3 unspecified atom stereocenters. The average Bonchev–Trinajstić information content (AvgIpc) is 3.14. The molecule has 7 nitrogen and oxygen atoms in total. The van der Waals surface area contributed by atoms with Crippen molar-refractivity contribution in [2.75, 3.05) is 6.61 Å². The highest BCUT2D eigenvalue weighted by molar-refractivity contribution is 5.85. The van der Waals surface area contributed by atoms with Crippen LogP contribution in [0.25, 0.3) is 11.1 Å². The first-order chi connectivity index (χ1) is 16.6. The van der Waals surface area contributed by atoms with Gasteiger partial charge < -0.3 is 20.5 Å². The summed E-state index contributed by atoms with van der Waals surface area (Å²) in [6.07, 6.45) is 0.453. The fourth-order valence-electron chi connectivity index (χ4n) is 5.63. The molecule has 4 atom stereocenters. The fourth-order valence-corrected chi connectivity index (χ4v) is 5.63. The Hall–Kier alpha value is -3.35. The monoisotopic (exact) mass is 478 g/mol. The number of amides is 2. The maximum absolute atomic E-state index is 12.8. The number of ether oxygens (including phenoxy) is 1. The van der Waals surface area contributed by atoms with E-state index < -0.39 is 29.4 Å². The van der Waals surface area contributed by atoms with Gasteiger partial charge in [-0.05, 0) is 53.4 Å². The zero-order valence-electron chi connectivity index (χ0n) is 20.7. The van der Waals surface area contributed by atoms with Crippen LogP contribution in [0.4, 0.5) is 4.79 Å². The number of aliphatic carboxylic acids is 1. The van der Waals surface area contributed by atoms with Gasteiger partial charge in [0, 0.05) is 12.0 Å². The molecule has 2 amide bonds. The molecule has 0 bridgehead atoms. The summed E-state index contributed by atoms with van der Waals surface area (Å²) >= 11 is 0. The molecule has 35 heavy (non-hydrogen) atoms. The second-order valence-electron chi connectivity index (χ2n) is 10.4. The molecule has 2 aromatic rings. The molecule has 0 saturated heterocycles. The van der Waals surface area contributed by atoms with Crippen molar-refractivity contribution in [2.45, 2.75) is 58.5 Å². The van der Waals surface area contributed by atoms with Gasteiger partial charge in [0.2, 0.25) is 5.91 Å². The number of carbonyl (C=O) groups is 3. The number of carboxylic acids is 1. The van der Waals surface area contributed by atoms with Crippen LogP contribution < -0.4 is 10.6 Å². The molecule has 1 saturated carbocycles. The van der Waals surface area contributed by atoms with E-state index in [2.05, 4.69) is 34.9 Å². The summed E-state index contributed by atoms with van der Waals surface area (Å²) in [5.41, 5.74) is 4.10. The van der Waals surface area contributed by atoms with Crippen LogP contribution in [0.15, 0.2) is 48.5 Å². The normalized spacial score (nSPS) is 23.5. The van der Waals surface area contributed by atoms with E-state index in [0.717, 1.165) is 22.3 Å². The molecule has 2 aliphatic rings. The molecule has 0 aromatic heterocycles. The van der Waals surface area contributed by atoms with E-state index in [9.17, 15) is 19.5 Å². The van der Waals surface area contributed by atoms with Gasteiger partial charge >= 0.3 is 12.1 Å². The number of nitrogens with one attached hydrogen (secondary N) is 2. The van der Waals surface area contributed by atoms with Gasteiger partial charge in [-0.25, -0.2) is 4.79 Å². The van der Waals surface area contributed by atoms with E-state index >= 15 is 0 Å². The van der Waals surface area contributed by atoms with Gasteiger partial charge in [-0.15, -0.1) is 0 Å². The molecule has 186 valence electrons. The fraction of sp³-hybridized carbons (Fsp3) is 0.464. The molecule has 7 heteroatoms. The highest BCUT2D eigenvalue weighted by atomic mass is 16.5. The average molecular weight is 479 g/mol. The van der Waals surface area contributed by atoms with E-state index in [0.29, 0.717) is 12.8 Å². The molecular formula is C28H34N2O5. The molecule has 1 fully saturated rings. The standard InChI is InChI=1S/C28H34N2O5/c1-16-24(14-13-23(26(32)33)28(16,3)4)30-25(31)17(2)29-27(34)35-15-22-20-11-7-5-9-18(20)19-10-6-8-12-21(19)22/h5-12,16-17,22-24H,13-15H2,1-4H3,(H,29,34)(H,30,31)(H,32,33)/t16?,17-,23?,24?/m1/s1. The summed E-state index contributed by atoms with van der Waals surface area (Å²) in [5.74, 6) is -1.62. The third-order valence-electron chi connectivity index (χ3n) is 8.14. The van der Waals surface area contributed by atoms with Gasteiger partial charge in [-0.3, -0.25) is 9.59 Å². The molecule has 3 N–H and O–H groups in total. The summed E-state index contributed by atoms with van der Waals surface area (Å²) in [4.78, 5) is 37.0. The second kappa shape index (κ2) is 9.72. The van der Waals surface area contributed by atoms with Crippen LogP contribution >= 0.6 is 0 Å². The zero-order chi connectivity index (χ0) is 25.3. The Bertz CT molecular complexity index is 1080. The number of alkyl carbamates (subject to hydrolysis) is 1. The molecule has 0 radical (unpaired) electrons. The van der Waals surface area contributed by atoms with Crippen molar-refractivity contribution >= 4 is 18.0 Å². The van der Waals surface area contributed by atoms with Crippen LogP contribution in [0.3, 0.4) is 0 Å². The SMILES string of the molecule is CC1C(NC(=O)[C@@H](C)NC(=O)OCC2c3ccccc3-c3ccccc32)CCC(C(=O)O)C1(C)C. The Kier molecular flexibility index (Phi) is 6.88. The Balaban J connectivity index is 1.32. The maximum atomic E-state index is 12.8. The predicted octanol–water partition coefficient (Wildman–Crippen LogP) is 4.56. The van der Waals surface area contributed by atoms with Crippen molar-refractivity contribution in [1.29, 1.82) is 0 Å². The molecular weight excluding hydrogens is 444 g/mol. The third-order valence-corrected chi connectivity index (χ3v) is 8.14. The highest BCUT2D eigenvalue weighted by Crippen LogP contribution is 2.45. The van der Waals surface area contributed by atoms with Gasteiger partial charge in [0.15, 0.2) is 0 Å². The Morgan fingerprint density at radius 2 is 1.60 bits per heavy atom. The van der Waals surface area contributed by atoms with E-state index in [4.69, 9.17) is 4.74 Å². The molecule has 0 aliphatic heterocycles. The highest BCUT2D eigenvalue weighted by Gasteiger charge is 2.46. The topological polar surface area (TPSA) is 105 Å². The largest absolute Gasteiger partial charge is 0.481 e. The lowest BCUT2D eigenvalue weighted by atomic mass is 9.61. The molecule has 4 rings (SSSR count). The van der Waals surface area contributed by atoms with E-state index in [1.54, 1.807) is 6.92 Å². The van der Waals surface area contributed by atoms with Crippen molar-refractivity contribution in [1.82, 2.24) is 10.6 Å². The molecule has 0 spiro atoms. The molecule has 0 heterocycles. The quantitative estimate of drug-likeness (QED) is 0.565. The van der Waals surface area contributed by atoms with Crippen molar-refractivity contribution in [2.24, 2.45) is 17.3 Å². The van der Waals surface area contributed by atoms with Gasteiger partial charge in [0.05, 0.1) is 5.92 Å². The number of rotatable bonds is 6. The van der Waals surface area contributed by atoms with Crippen LogP contribution in [0.1, 0.15) is 57.6 Å². The summed E-state index contributed by atoms with van der Waals surface area (Å²) in [6, 6.07) is 15.3. The lowest BCUT2D eigenvalue weighted by Gasteiger charge is -2.46. The predicted molar refractivity (Wildman–Crippen MR) is 133 cm³/mol. The Morgan fingerprint density at radius 3 is 2.17 bits per heavy atom. The number of carboxylic acid groups (broad SMARTS) is 1.